The lowest BCUT2D eigenvalue weighted by atomic mass is 10.0. The molecule has 0 spiro atoms. The van der Waals surface area contributed by atoms with Gasteiger partial charge in [-0.05, 0) is 56.4 Å². The van der Waals surface area contributed by atoms with Crippen LogP contribution in [0.15, 0.2) is 24.3 Å². The predicted molar refractivity (Wildman–Crippen MR) is 84.7 cm³/mol. The average Bonchev–Trinajstić information content (AvgIpc) is 3.14. The van der Waals surface area contributed by atoms with Crippen molar-refractivity contribution in [2.45, 2.75) is 38.3 Å². The maximum absolute atomic E-state index is 12.4. The van der Waals surface area contributed by atoms with Crippen LogP contribution in [-0.4, -0.2) is 44.3 Å². The van der Waals surface area contributed by atoms with E-state index in [9.17, 15) is 8.42 Å². The summed E-state index contributed by atoms with van der Waals surface area (Å²) in [6.07, 6.45) is 3.08. The van der Waals surface area contributed by atoms with Crippen molar-refractivity contribution in [3.05, 3.63) is 24.3 Å². The molecule has 2 bridgehead atoms. The zero-order valence-electron chi connectivity index (χ0n) is 13.1. The molecule has 5 nitrogen and oxygen atoms in total. The molecule has 6 heteroatoms. The van der Waals surface area contributed by atoms with Gasteiger partial charge in [0.15, 0.2) is 0 Å². The summed E-state index contributed by atoms with van der Waals surface area (Å²) in [5.41, 5.74) is 0. The number of sulfonamides is 1. The van der Waals surface area contributed by atoms with Gasteiger partial charge in [-0.3, -0.25) is 0 Å². The predicted octanol–water partition coefficient (Wildman–Crippen LogP) is 2.28. The summed E-state index contributed by atoms with van der Waals surface area (Å²) in [6.45, 7) is 2.13. The molecule has 0 amide bonds. The van der Waals surface area contributed by atoms with E-state index in [1.54, 1.807) is 18.3 Å². The minimum atomic E-state index is -3.16. The fourth-order valence-electron chi connectivity index (χ4n) is 3.70. The highest BCUT2D eigenvalue weighted by molar-refractivity contribution is 7.89. The SMILES string of the molecule is CCS(=O)(=O)N1[C@@H]2CC[C@H](C2)[C@@H]1COc1ccc(OC)cc1. The molecule has 0 unspecified atom stereocenters. The highest BCUT2D eigenvalue weighted by atomic mass is 32.2. The van der Waals surface area contributed by atoms with Crippen molar-refractivity contribution in [2.75, 3.05) is 19.5 Å². The van der Waals surface area contributed by atoms with E-state index in [2.05, 4.69) is 0 Å². The van der Waals surface area contributed by atoms with Gasteiger partial charge in [-0.25, -0.2) is 8.42 Å². The molecule has 2 fully saturated rings. The number of nitrogens with zero attached hydrogens (tertiary/aromatic N) is 1. The molecule has 1 saturated heterocycles. The number of hydrogen-bond donors (Lipinski definition) is 0. The molecule has 3 rings (SSSR count). The highest BCUT2D eigenvalue weighted by Crippen LogP contribution is 2.44. The number of piperidine rings is 1. The number of benzene rings is 1. The van der Waals surface area contributed by atoms with Crippen LogP contribution in [0.2, 0.25) is 0 Å². The van der Waals surface area contributed by atoms with Gasteiger partial charge in [0, 0.05) is 6.04 Å². The largest absolute Gasteiger partial charge is 0.497 e. The first-order valence-electron chi connectivity index (χ1n) is 7.83. The molecule has 1 aliphatic heterocycles. The molecule has 22 heavy (non-hydrogen) atoms. The molecular formula is C16H23NO4S. The summed E-state index contributed by atoms with van der Waals surface area (Å²) in [7, 11) is -1.54. The van der Waals surface area contributed by atoms with Crippen molar-refractivity contribution in [1.82, 2.24) is 4.31 Å². The first kappa shape index (κ1) is 15.6. The van der Waals surface area contributed by atoms with Crippen molar-refractivity contribution in [3.63, 3.8) is 0 Å². The molecule has 1 aromatic rings. The Bertz CT molecular complexity index is 614. The second kappa shape index (κ2) is 6.08. The Labute approximate surface area is 132 Å². The molecule has 0 radical (unpaired) electrons. The Morgan fingerprint density at radius 1 is 1.18 bits per heavy atom. The fraction of sp³-hybridized carbons (Fsp3) is 0.625. The maximum atomic E-state index is 12.4. The van der Waals surface area contributed by atoms with Crippen LogP contribution in [0.4, 0.5) is 0 Å². The van der Waals surface area contributed by atoms with Crippen LogP contribution in [0.1, 0.15) is 26.2 Å². The van der Waals surface area contributed by atoms with Crippen molar-refractivity contribution in [1.29, 1.82) is 0 Å². The Hall–Kier alpha value is -1.27. The van der Waals surface area contributed by atoms with Crippen LogP contribution in [-0.2, 0) is 10.0 Å². The number of methoxy groups -OCH3 is 1. The number of ether oxygens (including phenoxy) is 2. The van der Waals surface area contributed by atoms with Crippen molar-refractivity contribution in [2.24, 2.45) is 5.92 Å². The van der Waals surface area contributed by atoms with Crippen LogP contribution in [0, 0.1) is 5.92 Å². The van der Waals surface area contributed by atoms with E-state index in [1.165, 1.54) is 0 Å². The van der Waals surface area contributed by atoms with Gasteiger partial charge in [0.2, 0.25) is 10.0 Å². The van der Waals surface area contributed by atoms with E-state index in [4.69, 9.17) is 9.47 Å². The van der Waals surface area contributed by atoms with E-state index >= 15 is 0 Å². The average molecular weight is 325 g/mol. The summed E-state index contributed by atoms with van der Waals surface area (Å²) < 4.78 is 37.4. The highest BCUT2D eigenvalue weighted by Gasteiger charge is 2.50. The third kappa shape index (κ3) is 2.82. The molecule has 2 aliphatic rings. The van der Waals surface area contributed by atoms with Crippen LogP contribution >= 0.6 is 0 Å². The molecule has 0 aromatic heterocycles. The minimum Gasteiger partial charge on any atom is -0.497 e. The van der Waals surface area contributed by atoms with Gasteiger partial charge in [0.25, 0.3) is 0 Å². The second-order valence-electron chi connectivity index (χ2n) is 6.01. The first-order valence-corrected chi connectivity index (χ1v) is 9.44. The Kier molecular flexibility index (Phi) is 4.32. The first-order chi connectivity index (χ1) is 10.5. The van der Waals surface area contributed by atoms with Crippen LogP contribution in [0.3, 0.4) is 0 Å². The molecule has 0 N–H and O–H groups in total. The van der Waals surface area contributed by atoms with Gasteiger partial charge in [-0.2, -0.15) is 4.31 Å². The van der Waals surface area contributed by atoms with Gasteiger partial charge >= 0.3 is 0 Å². The van der Waals surface area contributed by atoms with E-state index in [1.807, 2.05) is 24.3 Å². The van der Waals surface area contributed by atoms with Crippen LogP contribution in [0.5, 0.6) is 11.5 Å². The number of fused-ring (bicyclic) bond motifs is 2. The maximum Gasteiger partial charge on any atom is 0.214 e. The third-order valence-corrected chi connectivity index (χ3v) is 6.78. The summed E-state index contributed by atoms with van der Waals surface area (Å²) in [5.74, 6) is 2.12. The molecule has 122 valence electrons. The van der Waals surface area contributed by atoms with E-state index in [0.717, 1.165) is 30.8 Å². The van der Waals surface area contributed by atoms with Crippen LogP contribution < -0.4 is 9.47 Å². The van der Waals surface area contributed by atoms with Gasteiger partial charge in [-0.15, -0.1) is 0 Å². The van der Waals surface area contributed by atoms with E-state index in [-0.39, 0.29) is 17.8 Å². The van der Waals surface area contributed by atoms with Gasteiger partial charge in [0.05, 0.1) is 18.9 Å². The van der Waals surface area contributed by atoms with Gasteiger partial charge in [0.1, 0.15) is 18.1 Å². The lowest BCUT2D eigenvalue weighted by Crippen LogP contribution is -2.48. The summed E-state index contributed by atoms with van der Waals surface area (Å²) in [4.78, 5) is 0. The quantitative estimate of drug-likeness (QED) is 0.805. The van der Waals surface area contributed by atoms with Crippen molar-refractivity contribution in [3.8, 4) is 11.5 Å². The number of hydrogen-bond acceptors (Lipinski definition) is 4. The minimum absolute atomic E-state index is 0.0224. The lowest BCUT2D eigenvalue weighted by Gasteiger charge is -2.33. The molecule has 1 aromatic carbocycles. The van der Waals surface area contributed by atoms with E-state index in [0.29, 0.717) is 12.5 Å². The van der Waals surface area contributed by atoms with Gasteiger partial charge < -0.3 is 9.47 Å². The summed E-state index contributed by atoms with van der Waals surface area (Å²) >= 11 is 0. The Morgan fingerprint density at radius 2 is 1.86 bits per heavy atom. The molecule has 3 atom stereocenters. The topological polar surface area (TPSA) is 55.8 Å². The Morgan fingerprint density at radius 3 is 2.50 bits per heavy atom. The molecule has 1 aliphatic carbocycles. The van der Waals surface area contributed by atoms with E-state index < -0.39 is 10.0 Å². The zero-order valence-corrected chi connectivity index (χ0v) is 13.9. The molecule has 1 saturated carbocycles. The van der Waals surface area contributed by atoms with Gasteiger partial charge in [-0.1, -0.05) is 0 Å². The molecular weight excluding hydrogens is 302 g/mol. The summed E-state index contributed by atoms with van der Waals surface area (Å²) in [5, 5.41) is 0. The normalized spacial score (nSPS) is 28.0. The summed E-state index contributed by atoms with van der Waals surface area (Å²) in [6, 6.07) is 7.55. The zero-order chi connectivity index (χ0) is 15.7. The Balaban J connectivity index is 1.70. The van der Waals surface area contributed by atoms with Crippen LogP contribution in [0.25, 0.3) is 0 Å². The number of rotatable bonds is 6. The third-order valence-electron chi connectivity index (χ3n) is 4.84. The smallest absolute Gasteiger partial charge is 0.214 e. The lowest BCUT2D eigenvalue weighted by molar-refractivity contribution is 0.162. The second-order valence-corrected chi connectivity index (χ2v) is 8.17. The fourth-order valence-corrected chi connectivity index (χ4v) is 5.29. The molecule has 1 heterocycles. The van der Waals surface area contributed by atoms with Crippen molar-refractivity contribution >= 4 is 10.0 Å². The standard InChI is InChI=1S/C16H23NO4S/c1-3-22(18,19)17-13-5-4-12(10-13)16(17)11-21-15-8-6-14(20-2)7-9-15/h6-9,12-13,16H,3-5,10-11H2,1-2H3/t12-,13-,16+/m1/s1. The monoisotopic (exact) mass is 325 g/mol. The van der Waals surface area contributed by atoms with Crippen molar-refractivity contribution < 1.29 is 17.9 Å².